The highest BCUT2D eigenvalue weighted by atomic mass is 19.3. The zero-order valence-corrected chi connectivity index (χ0v) is 7.48. The highest BCUT2D eigenvalue weighted by molar-refractivity contribution is 5.83. The van der Waals surface area contributed by atoms with E-state index in [9.17, 15) is 8.78 Å². The van der Waals surface area contributed by atoms with Crippen LogP contribution in [0.15, 0.2) is 23.4 Å². The van der Waals surface area contributed by atoms with Gasteiger partial charge in [-0.05, 0) is 12.1 Å². The molecule has 78 valence electrons. The minimum Gasteiger partial charge on any atom is -0.381 e. The van der Waals surface area contributed by atoms with Crippen LogP contribution in [0.1, 0.15) is 5.56 Å². The number of rotatable bonds is 3. The maximum Gasteiger partial charge on any atom is 0.296 e. The van der Waals surface area contributed by atoms with Gasteiger partial charge in [-0.1, -0.05) is 0 Å². The number of pyridine rings is 1. The van der Waals surface area contributed by atoms with Gasteiger partial charge in [-0.2, -0.15) is 10.4 Å². The van der Waals surface area contributed by atoms with Crippen molar-refractivity contribution in [3.8, 4) is 6.07 Å². The van der Waals surface area contributed by atoms with Crippen molar-refractivity contribution in [2.45, 2.75) is 6.43 Å². The summed E-state index contributed by atoms with van der Waals surface area (Å²) in [4.78, 5) is 3.74. The first-order valence-electron chi connectivity index (χ1n) is 3.87. The van der Waals surface area contributed by atoms with Gasteiger partial charge in [-0.15, -0.1) is 0 Å². The first-order valence-corrected chi connectivity index (χ1v) is 3.87. The fourth-order valence-corrected chi connectivity index (χ4v) is 0.697. The summed E-state index contributed by atoms with van der Waals surface area (Å²) in [5.41, 5.74) is 7.48. The summed E-state index contributed by atoms with van der Waals surface area (Å²) in [6, 6.07) is 4.77. The first kappa shape index (κ1) is 10.8. The van der Waals surface area contributed by atoms with E-state index in [0.717, 1.165) is 0 Å². The van der Waals surface area contributed by atoms with E-state index in [1.165, 1.54) is 18.3 Å². The molecular formula is C8H7F2N5. The molecule has 0 spiro atoms. The van der Waals surface area contributed by atoms with Gasteiger partial charge in [0, 0.05) is 6.20 Å². The van der Waals surface area contributed by atoms with Crippen molar-refractivity contribution >= 4 is 11.7 Å². The van der Waals surface area contributed by atoms with Crippen LogP contribution < -0.4 is 11.2 Å². The van der Waals surface area contributed by atoms with Gasteiger partial charge in [0.05, 0.1) is 5.56 Å². The van der Waals surface area contributed by atoms with Gasteiger partial charge >= 0.3 is 0 Å². The lowest BCUT2D eigenvalue weighted by molar-refractivity contribution is 0.224. The van der Waals surface area contributed by atoms with E-state index in [4.69, 9.17) is 11.0 Å². The molecule has 7 heteroatoms. The number of aromatic nitrogens is 1. The third-order valence-electron chi connectivity index (χ3n) is 1.42. The molecule has 0 saturated carbocycles. The topological polar surface area (TPSA) is 87.1 Å². The lowest BCUT2D eigenvalue weighted by atomic mass is 10.3. The average Bonchev–Trinajstić information content (AvgIpc) is 2.26. The molecule has 15 heavy (non-hydrogen) atoms. The van der Waals surface area contributed by atoms with Crippen molar-refractivity contribution in [3.63, 3.8) is 0 Å². The van der Waals surface area contributed by atoms with Gasteiger partial charge in [-0.25, -0.2) is 13.8 Å². The van der Waals surface area contributed by atoms with Gasteiger partial charge in [0.15, 0.2) is 5.84 Å². The van der Waals surface area contributed by atoms with Crippen molar-refractivity contribution in [2.24, 2.45) is 10.8 Å². The maximum absolute atomic E-state index is 11.9. The highest BCUT2D eigenvalue weighted by Gasteiger charge is 2.07. The number of nitrogens with zero attached hydrogens (tertiary/aromatic N) is 3. The van der Waals surface area contributed by atoms with E-state index in [0.29, 0.717) is 5.56 Å². The van der Waals surface area contributed by atoms with Crippen molar-refractivity contribution in [2.75, 3.05) is 5.43 Å². The van der Waals surface area contributed by atoms with Crippen LogP contribution >= 0.6 is 0 Å². The second kappa shape index (κ2) is 4.85. The Balaban J connectivity index is 2.67. The van der Waals surface area contributed by atoms with E-state index in [1.807, 2.05) is 6.07 Å². The number of nitriles is 1. The molecule has 0 aliphatic carbocycles. The maximum atomic E-state index is 11.9. The van der Waals surface area contributed by atoms with Gasteiger partial charge < -0.3 is 5.73 Å². The summed E-state index contributed by atoms with van der Waals surface area (Å²) in [6.07, 6.45) is -1.52. The number of amidine groups is 1. The van der Waals surface area contributed by atoms with Crippen LogP contribution in [0.4, 0.5) is 14.6 Å². The molecular weight excluding hydrogens is 204 g/mol. The predicted molar refractivity (Wildman–Crippen MR) is 50.2 cm³/mol. The monoisotopic (exact) mass is 211 g/mol. The molecule has 0 aromatic carbocycles. The number of hydrogen-bond donors (Lipinski definition) is 2. The molecule has 0 atom stereocenters. The second-order valence-corrected chi connectivity index (χ2v) is 2.49. The smallest absolute Gasteiger partial charge is 0.296 e. The third-order valence-corrected chi connectivity index (χ3v) is 1.42. The number of hydrogen-bond acceptors (Lipinski definition) is 4. The molecule has 1 rings (SSSR count). The van der Waals surface area contributed by atoms with Gasteiger partial charge in [0.2, 0.25) is 0 Å². The molecule has 1 aromatic heterocycles. The van der Waals surface area contributed by atoms with Crippen molar-refractivity contribution in [1.82, 2.24) is 4.98 Å². The standard InChI is InChI=1S/C8H7F2N5/c9-7(10)8(12)15-14-6-2-1-5(3-11)4-13-6/h1-2,4,7H,(H2,12,15)(H,13,14). The number of halogens is 2. The molecule has 0 aliphatic rings. The molecule has 0 radical (unpaired) electrons. The molecule has 3 N–H and O–H groups in total. The average molecular weight is 211 g/mol. The first-order chi connectivity index (χ1) is 7.13. The normalized spacial score (nSPS) is 11.2. The largest absolute Gasteiger partial charge is 0.381 e. The van der Waals surface area contributed by atoms with E-state index in [-0.39, 0.29) is 5.82 Å². The van der Waals surface area contributed by atoms with Crippen molar-refractivity contribution in [3.05, 3.63) is 23.9 Å². The molecule has 0 saturated heterocycles. The minimum absolute atomic E-state index is 0.234. The lowest BCUT2D eigenvalue weighted by Crippen LogP contribution is -2.22. The molecule has 1 aromatic rings. The Morgan fingerprint density at radius 3 is 2.80 bits per heavy atom. The Morgan fingerprint density at radius 2 is 2.33 bits per heavy atom. The van der Waals surface area contributed by atoms with E-state index in [2.05, 4.69) is 15.5 Å². The Labute approximate surface area is 84.2 Å². The quantitative estimate of drug-likeness (QED) is 0.441. The summed E-state index contributed by atoms with van der Waals surface area (Å²) in [5, 5.41) is 11.7. The van der Waals surface area contributed by atoms with Crippen LogP contribution in [-0.2, 0) is 0 Å². The summed E-state index contributed by atoms with van der Waals surface area (Å²) >= 11 is 0. The summed E-state index contributed by atoms with van der Waals surface area (Å²) in [5.74, 6) is -0.584. The van der Waals surface area contributed by atoms with Crippen LogP contribution in [0.3, 0.4) is 0 Å². The summed E-state index contributed by atoms with van der Waals surface area (Å²) in [7, 11) is 0. The molecule has 0 bridgehead atoms. The second-order valence-electron chi connectivity index (χ2n) is 2.49. The molecule has 0 amide bonds. The number of anilines is 1. The summed E-state index contributed by atoms with van der Waals surface area (Å²) in [6.45, 7) is 0. The fraction of sp³-hybridized carbons (Fsp3) is 0.125. The third kappa shape index (κ3) is 3.19. The van der Waals surface area contributed by atoms with Crippen LogP contribution in [0.5, 0.6) is 0 Å². The number of hydrazone groups is 1. The molecule has 0 fully saturated rings. The van der Waals surface area contributed by atoms with Gasteiger partial charge in [0.1, 0.15) is 11.9 Å². The number of nitrogens with one attached hydrogen (secondary N) is 1. The number of nitrogens with two attached hydrogens (primary N) is 1. The molecule has 5 nitrogen and oxygen atoms in total. The SMILES string of the molecule is N#Cc1ccc(N/N=C(\N)C(F)F)nc1. The Kier molecular flexibility index (Phi) is 3.51. The zero-order chi connectivity index (χ0) is 11.3. The summed E-state index contributed by atoms with van der Waals surface area (Å²) < 4.78 is 23.8. The Bertz CT molecular complexity index is 392. The molecule has 0 aliphatic heterocycles. The van der Waals surface area contributed by atoms with Crippen LogP contribution in [-0.4, -0.2) is 17.2 Å². The zero-order valence-electron chi connectivity index (χ0n) is 7.48. The van der Waals surface area contributed by atoms with E-state index in [1.54, 1.807) is 0 Å². The molecule has 1 heterocycles. The Morgan fingerprint density at radius 1 is 1.60 bits per heavy atom. The van der Waals surface area contributed by atoms with Crippen LogP contribution in [0, 0.1) is 11.3 Å². The van der Waals surface area contributed by atoms with Crippen LogP contribution in [0.2, 0.25) is 0 Å². The molecule has 0 unspecified atom stereocenters. The minimum atomic E-state index is -2.81. The van der Waals surface area contributed by atoms with Crippen LogP contribution in [0.25, 0.3) is 0 Å². The van der Waals surface area contributed by atoms with Crippen molar-refractivity contribution in [1.29, 1.82) is 5.26 Å². The van der Waals surface area contributed by atoms with E-state index >= 15 is 0 Å². The lowest BCUT2D eigenvalue weighted by Gasteiger charge is -2.00. The number of alkyl halides is 2. The van der Waals surface area contributed by atoms with E-state index < -0.39 is 12.3 Å². The predicted octanol–water partition coefficient (Wildman–Crippen LogP) is 0.902. The van der Waals surface area contributed by atoms with Gasteiger partial charge in [-0.3, -0.25) is 5.43 Å². The Hall–Kier alpha value is -2.23. The van der Waals surface area contributed by atoms with Gasteiger partial charge in [0.25, 0.3) is 6.43 Å². The fourth-order valence-electron chi connectivity index (χ4n) is 0.697. The highest BCUT2D eigenvalue weighted by Crippen LogP contribution is 2.04. The van der Waals surface area contributed by atoms with Crippen molar-refractivity contribution < 1.29 is 8.78 Å².